The molecule has 1 saturated heterocycles. The van der Waals surface area contributed by atoms with Gasteiger partial charge in [0, 0.05) is 45.3 Å². The molecule has 0 spiro atoms. The zero-order chi connectivity index (χ0) is 34.5. The van der Waals surface area contributed by atoms with Gasteiger partial charge in [-0.25, -0.2) is 0 Å². The Morgan fingerprint density at radius 3 is 1.88 bits per heavy atom. The molecule has 1 heterocycles. The van der Waals surface area contributed by atoms with Gasteiger partial charge in [0.05, 0.1) is 19.6 Å². The fourth-order valence-corrected chi connectivity index (χ4v) is 5.59. The van der Waals surface area contributed by atoms with E-state index in [9.17, 15) is 14.4 Å². The number of hydrogen-bond donors (Lipinski definition) is 0. The predicted molar refractivity (Wildman–Crippen MR) is 189 cm³/mol. The van der Waals surface area contributed by atoms with Crippen LogP contribution in [-0.4, -0.2) is 58.7 Å². The van der Waals surface area contributed by atoms with Crippen molar-refractivity contribution in [2.24, 2.45) is 0 Å². The molecule has 0 aromatic heterocycles. The van der Waals surface area contributed by atoms with Gasteiger partial charge in [0.15, 0.2) is 6.29 Å². The second-order valence-corrected chi connectivity index (χ2v) is 19.1. The Labute approximate surface area is 288 Å². The average Bonchev–Trinajstić information content (AvgIpc) is 3.07. The van der Waals surface area contributed by atoms with Gasteiger partial charge in [-0.3, -0.25) is 14.4 Å². The van der Waals surface area contributed by atoms with Crippen molar-refractivity contribution in [3.8, 4) is 11.8 Å². The fourth-order valence-electron chi connectivity index (χ4n) is 4.87. The van der Waals surface area contributed by atoms with Gasteiger partial charge in [-0.2, -0.15) is 0 Å². The maximum Gasteiger partial charge on any atom is 0.310 e. The molecule has 48 heavy (non-hydrogen) atoms. The number of unbranched alkanes of at least 4 members (excludes halogenated alkanes) is 4. The van der Waals surface area contributed by atoms with Crippen LogP contribution in [0.1, 0.15) is 92.9 Å². The van der Waals surface area contributed by atoms with E-state index >= 15 is 0 Å². The van der Waals surface area contributed by atoms with Crippen LogP contribution in [0.2, 0.25) is 25.7 Å². The number of hydrogen-bond acceptors (Lipinski definition) is 8. The minimum atomic E-state index is -1.22. The first-order valence-corrected chi connectivity index (χ1v) is 21.3. The van der Waals surface area contributed by atoms with Crippen LogP contribution in [0.4, 0.5) is 0 Å². The van der Waals surface area contributed by atoms with Crippen molar-refractivity contribution < 1.29 is 38.1 Å². The van der Waals surface area contributed by atoms with Crippen molar-refractivity contribution in [2.75, 3.05) is 26.4 Å². The summed E-state index contributed by atoms with van der Waals surface area (Å²) in [4.78, 5) is 36.2. The van der Waals surface area contributed by atoms with E-state index < -0.39 is 8.07 Å². The molecule has 262 valence electrons. The number of rotatable bonds is 20. The molecule has 0 N–H and O–H groups in total. The summed E-state index contributed by atoms with van der Waals surface area (Å²) in [6.45, 7) is 9.33. The molecule has 0 bridgehead atoms. The van der Waals surface area contributed by atoms with Crippen molar-refractivity contribution in [2.45, 2.75) is 116 Å². The Bertz CT molecular complexity index is 1300. The molecule has 1 aliphatic rings. The molecule has 8 nitrogen and oxygen atoms in total. The molecule has 1 atom stereocenters. The van der Waals surface area contributed by atoms with Crippen LogP contribution >= 0.6 is 0 Å². The van der Waals surface area contributed by atoms with Crippen LogP contribution in [0.3, 0.4) is 0 Å². The summed E-state index contributed by atoms with van der Waals surface area (Å²) in [7, 11) is -1.22. The van der Waals surface area contributed by atoms with Gasteiger partial charge in [-0.15, -0.1) is 0 Å². The molecule has 1 unspecified atom stereocenters. The van der Waals surface area contributed by atoms with E-state index in [0.29, 0.717) is 39.1 Å². The molecule has 1 fully saturated rings. The summed E-state index contributed by atoms with van der Waals surface area (Å²) in [5.41, 5.74) is 3.52. The van der Waals surface area contributed by atoms with Gasteiger partial charge in [0.2, 0.25) is 0 Å². The number of ether oxygens (including phenoxy) is 5. The van der Waals surface area contributed by atoms with E-state index in [1.54, 1.807) is 0 Å². The van der Waals surface area contributed by atoms with Crippen LogP contribution < -0.4 is 0 Å². The molecule has 0 aliphatic carbocycles. The first-order chi connectivity index (χ1) is 23.2. The van der Waals surface area contributed by atoms with Gasteiger partial charge < -0.3 is 23.7 Å². The third kappa shape index (κ3) is 18.2. The van der Waals surface area contributed by atoms with Crippen molar-refractivity contribution >= 4 is 26.0 Å². The summed E-state index contributed by atoms with van der Waals surface area (Å²) in [5.74, 6) is 5.70. The zero-order valence-electron chi connectivity index (χ0n) is 29.2. The van der Waals surface area contributed by atoms with Crippen LogP contribution in [-0.2, 0) is 51.1 Å². The maximum absolute atomic E-state index is 12.2. The minimum Gasteiger partial charge on any atom is -0.466 e. The Balaban J connectivity index is 1.19. The normalized spacial score (nSPS) is 14.4. The van der Waals surface area contributed by atoms with Crippen LogP contribution in [0, 0.1) is 11.8 Å². The van der Waals surface area contributed by atoms with Crippen LogP contribution in [0.15, 0.2) is 48.5 Å². The summed E-state index contributed by atoms with van der Waals surface area (Å²) < 4.78 is 27.4. The second kappa shape index (κ2) is 22.2. The first kappa shape index (κ1) is 39.0. The van der Waals surface area contributed by atoms with Gasteiger partial charge in [-0.1, -0.05) is 62.2 Å². The maximum atomic E-state index is 12.2. The quantitative estimate of drug-likeness (QED) is 0.0461. The lowest BCUT2D eigenvalue weighted by Gasteiger charge is -2.22. The molecule has 9 heteroatoms. The number of esters is 3. The predicted octanol–water partition coefficient (Wildman–Crippen LogP) is 7.76. The molecular weight excluding hydrogens is 625 g/mol. The lowest BCUT2D eigenvalue weighted by molar-refractivity contribution is -0.163. The molecule has 3 rings (SSSR count). The highest BCUT2D eigenvalue weighted by atomic mass is 28.3. The third-order valence-corrected chi connectivity index (χ3v) is 9.58. The topological polar surface area (TPSA) is 97.4 Å². The lowest BCUT2D eigenvalue weighted by Crippen LogP contribution is -2.23. The van der Waals surface area contributed by atoms with E-state index in [1.165, 1.54) is 0 Å². The van der Waals surface area contributed by atoms with E-state index in [-0.39, 0.29) is 37.2 Å². The highest BCUT2D eigenvalue weighted by Crippen LogP contribution is 2.15. The third-order valence-electron chi connectivity index (χ3n) is 7.88. The highest BCUT2D eigenvalue weighted by molar-refractivity contribution is 6.76. The zero-order valence-corrected chi connectivity index (χ0v) is 30.2. The number of carbonyl (C=O) groups is 3. The minimum absolute atomic E-state index is 0.0527. The summed E-state index contributed by atoms with van der Waals surface area (Å²) >= 11 is 0. The SMILES string of the molecule is C[Si](C)(C)CCOC(=O)Cc1ccc(C#Cc2ccc(COC(=O)CCCCCOC(=O)CCCCCOC3CCCCO3)cc2)cc1. The van der Waals surface area contributed by atoms with E-state index in [4.69, 9.17) is 23.7 Å². The van der Waals surface area contributed by atoms with Gasteiger partial charge >= 0.3 is 17.9 Å². The van der Waals surface area contributed by atoms with Crippen LogP contribution in [0.5, 0.6) is 0 Å². The van der Waals surface area contributed by atoms with E-state index in [2.05, 4.69) is 31.5 Å². The summed E-state index contributed by atoms with van der Waals surface area (Å²) in [6.07, 6.45) is 9.08. The van der Waals surface area contributed by atoms with Crippen molar-refractivity contribution in [3.63, 3.8) is 0 Å². The van der Waals surface area contributed by atoms with Crippen LogP contribution in [0.25, 0.3) is 0 Å². The van der Waals surface area contributed by atoms with E-state index in [0.717, 1.165) is 86.3 Å². The van der Waals surface area contributed by atoms with Crippen molar-refractivity contribution in [1.29, 1.82) is 0 Å². The second-order valence-electron chi connectivity index (χ2n) is 13.5. The Hall–Kier alpha value is -3.45. The van der Waals surface area contributed by atoms with Gasteiger partial charge in [-0.05, 0) is 92.8 Å². The molecule has 0 saturated carbocycles. The standard InChI is InChI=1S/C39H54O8Si/c1-48(2,3)29-28-44-38(42)30-34-21-17-32(18-22-34)15-16-33-19-23-35(24-20-33)31-47-37(41)13-7-4-9-25-43-36(40)12-6-5-10-26-45-39-14-8-11-27-46-39/h17-24,39H,4-14,25-31H2,1-3H3. The molecule has 0 amide bonds. The highest BCUT2D eigenvalue weighted by Gasteiger charge is 2.15. The number of benzene rings is 2. The summed E-state index contributed by atoms with van der Waals surface area (Å²) in [5, 5.41) is 0. The fraction of sp³-hybridized carbons (Fsp3) is 0.564. The smallest absolute Gasteiger partial charge is 0.310 e. The Kier molecular flexibility index (Phi) is 18.1. The van der Waals surface area contributed by atoms with Crippen molar-refractivity contribution in [3.05, 3.63) is 70.8 Å². The average molecular weight is 679 g/mol. The van der Waals surface area contributed by atoms with E-state index in [1.807, 2.05) is 48.5 Å². The largest absolute Gasteiger partial charge is 0.466 e. The molecule has 2 aromatic rings. The van der Waals surface area contributed by atoms with Gasteiger partial charge in [0.1, 0.15) is 6.61 Å². The molecular formula is C39H54O8Si. The Morgan fingerprint density at radius 1 is 0.688 bits per heavy atom. The molecule has 1 aliphatic heterocycles. The van der Waals surface area contributed by atoms with Crippen molar-refractivity contribution in [1.82, 2.24) is 0 Å². The summed E-state index contributed by atoms with van der Waals surface area (Å²) in [6, 6.07) is 16.2. The monoisotopic (exact) mass is 678 g/mol. The Morgan fingerprint density at radius 2 is 1.27 bits per heavy atom. The first-order valence-electron chi connectivity index (χ1n) is 17.6. The van der Waals surface area contributed by atoms with Gasteiger partial charge in [0.25, 0.3) is 0 Å². The molecule has 0 radical (unpaired) electrons. The number of carbonyl (C=O) groups excluding carboxylic acids is 3. The lowest BCUT2D eigenvalue weighted by atomic mass is 10.1. The molecule has 2 aromatic carbocycles.